The second kappa shape index (κ2) is 17.0. The van der Waals surface area contributed by atoms with E-state index in [1.165, 1.54) is 0 Å². The minimum Gasteiger partial charge on any atom is -0.400 e. The van der Waals surface area contributed by atoms with Gasteiger partial charge in [-0.1, -0.05) is 0 Å². The van der Waals surface area contributed by atoms with Crippen molar-refractivity contribution in [3.63, 3.8) is 0 Å². The van der Waals surface area contributed by atoms with Gasteiger partial charge in [0, 0.05) is 27.5 Å². The van der Waals surface area contributed by atoms with E-state index in [4.69, 9.17) is 20.4 Å². The molecule has 0 aromatic carbocycles. The standard InChI is InChI=1S/CH4O.NO3.Pd/c1-2;2-1(3)4;/h2H,1H3;;/q;-1;. The summed E-state index contributed by atoms with van der Waals surface area (Å²) in [6, 6.07) is 0. The van der Waals surface area contributed by atoms with Crippen molar-refractivity contribution in [2.75, 3.05) is 7.11 Å². The van der Waals surface area contributed by atoms with E-state index in [1.54, 1.807) is 0 Å². The van der Waals surface area contributed by atoms with E-state index in [9.17, 15) is 0 Å². The number of hydrogen-bond acceptors (Lipinski definition) is 4. The molecule has 0 saturated carbocycles. The van der Waals surface area contributed by atoms with Crippen LogP contribution in [0.25, 0.3) is 0 Å². The van der Waals surface area contributed by atoms with Crippen molar-refractivity contribution in [1.82, 2.24) is 0 Å². The van der Waals surface area contributed by atoms with Crippen LogP contribution < -0.4 is 0 Å². The molecule has 0 fully saturated rings. The summed E-state index contributed by atoms with van der Waals surface area (Å²) in [5, 5.41) is 21.8. The first kappa shape index (κ1) is 15.8. The van der Waals surface area contributed by atoms with Crippen LogP contribution in [0.4, 0.5) is 0 Å². The Labute approximate surface area is 53.7 Å². The van der Waals surface area contributed by atoms with Gasteiger partial charge in [-0.25, -0.2) is 0 Å². The normalized spacial score (nSPS) is 4.29. The molecule has 0 bridgehead atoms. The second-order valence-corrected chi connectivity index (χ2v) is 0.224. The minimum atomic E-state index is -1.75. The average Bonchev–Trinajstić information content (AvgIpc) is 1.41. The molecule has 0 aromatic heterocycles. The van der Waals surface area contributed by atoms with Crippen molar-refractivity contribution in [1.29, 1.82) is 0 Å². The van der Waals surface area contributed by atoms with Crippen LogP contribution in [-0.4, -0.2) is 17.3 Å². The molecule has 5 nitrogen and oxygen atoms in total. The summed E-state index contributed by atoms with van der Waals surface area (Å²) in [6.45, 7) is 0. The Morgan fingerprint density at radius 1 is 1.43 bits per heavy atom. The third kappa shape index (κ3) is 2700. The predicted octanol–water partition coefficient (Wildman–Crippen LogP) is -0.633. The van der Waals surface area contributed by atoms with Crippen LogP contribution in [0.2, 0.25) is 0 Å². The number of hydrogen-bond donors (Lipinski definition) is 1. The van der Waals surface area contributed by atoms with Crippen molar-refractivity contribution >= 4 is 0 Å². The van der Waals surface area contributed by atoms with E-state index in [2.05, 4.69) is 0 Å². The van der Waals surface area contributed by atoms with Crippen LogP contribution in [-0.2, 0) is 20.4 Å². The molecule has 0 spiro atoms. The monoisotopic (exact) mass is 200 g/mol. The van der Waals surface area contributed by atoms with Gasteiger partial charge in [0.1, 0.15) is 0 Å². The van der Waals surface area contributed by atoms with Crippen molar-refractivity contribution in [3.8, 4) is 0 Å². The number of rotatable bonds is 0. The number of nitrogens with zero attached hydrogens (tertiary/aromatic N) is 1. The van der Waals surface area contributed by atoms with Crippen molar-refractivity contribution in [2.24, 2.45) is 0 Å². The maximum absolute atomic E-state index is 8.25. The molecule has 0 aromatic rings. The summed E-state index contributed by atoms with van der Waals surface area (Å²) < 4.78 is 0. The molecular formula is CH4NO4Pd-. The summed E-state index contributed by atoms with van der Waals surface area (Å²) in [5.41, 5.74) is 0. The Kier molecular flexibility index (Phi) is 38.4. The molecule has 0 atom stereocenters. The molecule has 0 rings (SSSR count). The van der Waals surface area contributed by atoms with E-state index in [0.29, 0.717) is 0 Å². The Morgan fingerprint density at radius 2 is 1.43 bits per heavy atom. The van der Waals surface area contributed by atoms with Crippen molar-refractivity contribution < 1.29 is 30.6 Å². The molecule has 0 aliphatic rings. The molecule has 0 aliphatic carbocycles. The summed E-state index contributed by atoms with van der Waals surface area (Å²) >= 11 is 0. The number of aliphatic hydroxyl groups is 1. The molecule has 0 heterocycles. The Hall–Kier alpha value is -0.178. The smallest absolute Gasteiger partial charge is 0.0689 e. The molecule has 7 heavy (non-hydrogen) atoms. The SMILES string of the molecule is CO.O=[N+]([O-])[O-].[Pd]. The van der Waals surface area contributed by atoms with Crippen LogP contribution >= 0.6 is 0 Å². The zero-order valence-corrected chi connectivity index (χ0v) is 4.99. The van der Waals surface area contributed by atoms with Crippen LogP contribution in [0.15, 0.2) is 0 Å². The Morgan fingerprint density at radius 3 is 1.43 bits per heavy atom. The minimum absolute atomic E-state index is 0. The molecule has 0 unspecified atom stereocenters. The van der Waals surface area contributed by atoms with E-state index >= 15 is 0 Å². The first-order valence-electron chi connectivity index (χ1n) is 0.995. The fourth-order valence-corrected chi connectivity index (χ4v) is 0. The van der Waals surface area contributed by atoms with Crippen molar-refractivity contribution in [3.05, 3.63) is 15.3 Å². The van der Waals surface area contributed by atoms with E-state index in [1.807, 2.05) is 0 Å². The van der Waals surface area contributed by atoms with Crippen LogP contribution in [0, 0.1) is 15.3 Å². The summed E-state index contributed by atoms with van der Waals surface area (Å²) in [6.07, 6.45) is 0. The van der Waals surface area contributed by atoms with Gasteiger partial charge in [-0.05, 0) is 0 Å². The fraction of sp³-hybridized carbons (Fsp3) is 1.00. The molecule has 0 radical (unpaired) electrons. The Balaban J connectivity index is -0.0000000480. The molecular weight excluding hydrogens is 196 g/mol. The van der Waals surface area contributed by atoms with Gasteiger partial charge in [0.05, 0.1) is 5.09 Å². The van der Waals surface area contributed by atoms with E-state index in [0.717, 1.165) is 7.11 Å². The number of aliphatic hydroxyl groups excluding tert-OH is 1. The van der Waals surface area contributed by atoms with Crippen LogP contribution in [0.1, 0.15) is 0 Å². The fourth-order valence-electron chi connectivity index (χ4n) is 0. The van der Waals surface area contributed by atoms with Crippen LogP contribution in [0.5, 0.6) is 0 Å². The summed E-state index contributed by atoms with van der Waals surface area (Å²) in [7, 11) is 1.00. The van der Waals surface area contributed by atoms with Gasteiger partial charge in [0.2, 0.25) is 0 Å². The maximum Gasteiger partial charge on any atom is 0.0689 e. The zero-order valence-electron chi connectivity index (χ0n) is 3.44. The first-order valence-corrected chi connectivity index (χ1v) is 0.995. The predicted molar refractivity (Wildman–Crippen MR) is 18.5 cm³/mol. The topological polar surface area (TPSA) is 86.4 Å². The zero-order chi connectivity index (χ0) is 5.58. The van der Waals surface area contributed by atoms with Gasteiger partial charge in [-0.15, -0.1) is 0 Å². The average molecular weight is 200 g/mol. The Bertz CT molecular complexity index is 34.7. The molecule has 0 aliphatic heterocycles. The van der Waals surface area contributed by atoms with Crippen LogP contribution in [0.3, 0.4) is 0 Å². The third-order valence-electron chi connectivity index (χ3n) is 0. The largest absolute Gasteiger partial charge is 0.400 e. The molecule has 1 N–H and O–H groups in total. The first-order chi connectivity index (χ1) is 2.73. The maximum atomic E-state index is 8.25. The second-order valence-electron chi connectivity index (χ2n) is 0.224. The van der Waals surface area contributed by atoms with Gasteiger partial charge in [-0.3, -0.25) is 0 Å². The summed E-state index contributed by atoms with van der Waals surface area (Å²) in [4.78, 5) is 8.25. The van der Waals surface area contributed by atoms with E-state index < -0.39 is 5.09 Å². The molecule has 0 amide bonds. The molecule has 48 valence electrons. The molecule has 6 heteroatoms. The van der Waals surface area contributed by atoms with Gasteiger partial charge < -0.3 is 20.4 Å². The van der Waals surface area contributed by atoms with Crippen molar-refractivity contribution in [2.45, 2.75) is 0 Å². The van der Waals surface area contributed by atoms with E-state index in [-0.39, 0.29) is 20.4 Å². The van der Waals surface area contributed by atoms with Gasteiger partial charge >= 0.3 is 0 Å². The third-order valence-corrected chi connectivity index (χ3v) is 0. The molecule has 0 saturated heterocycles. The van der Waals surface area contributed by atoms with Gasteiger partial charge in [0.15, 0.2) is 0 Å². The van der Waals surface area contributed by atoms with Gasteiger partial charge in [0.25, 0.3) is 0 Å². The van der Waals surface area contributed by atoms with Gasteiger partial charge in [-0.2, -0.15) is 0 Å². The summed E-state index contributed by atoms with van der Waals surface area (Å²) in [5.74, 6) is 0. The quantitative estimate of drug-likeness (QED) is 0.320.